The molecule has 5 aromatic carbocycles. The number of sulfonamides is 1. The molecule has 2 N–H and O–H groups in total. The summed E-state index contributed by atoms with van der Waals surface area (Å²) < 4.78 is 97.4. The minimum atomic E-state index is -6.05. The Bertz CT molecular complexity index is 2540. The van der Waals surface area contributed by atoms with Gasteiger partial charge in [0.1, 0.15) is 4.90 Å². The second-order valence-corrected chi connectivity index (χ2v) is 21.0. The fraction of sp³-hybridized carbons (Fsp3) is 0.326. The third-order valence-corrected chi connectivity index (χ3v) is 14.9. The number of nitrogens with one attached hydrogen (secondary N) is 2. The molecule has 1 atom stereocenters. The van der Waals surface area contributed by atoms with E-state index in [4.69, 9.17) is 11.6 Å². The lowest BCUT2D eigenvalue weighted by Gasteiger charge is -2.36. The van der Waals surface area contributed by atoms with Crippen molar-refractivity contribution >= 4 is 60.5 Å². The molecule has 1 fully saturated rings. The Kier molecular flexibility index (Phi) is 15.9. The van der Waals surface area contributed by atoms with Crippen LogP contribution >= 0.6 is 23.4 Å². The van der Waals surface area contributed by atoms with Gasteiger partial charge in [0.15, 0.2) is 0 Å². The maximum atomic E-state index is 14.1. The number of rotatable bonds is 18. The molecule has 0 radical (unpaired) electrons. The Morgan fingerprint density at radius 3 is 2.14 bits per heavy atom. The topological polar surface area (TPSA) is 119 Å². The van der Waals surface area contributed by atoms with Crippen LogP contribution < -0.4 is 14.9 Å². The maximum absolute atomic E-state index is 14.1. The number of nitrogens with zero attached hydrogens (tertiary/aromatic N) is 3. The second-order valence-electron chi connectivity index (χ2n) is 15.9. The SMILES string of the molecule is CC(C)CN(C)CC[C@H](CSc1ccccc1)Nc1ccc(S(=O)(=O)NC(=O)c2ccc(N3CCN(Cc4ccccc4-c4ccc(Cl)cc4)CC3)cc2)cc1S(=O)(=O)C(F)(F)F. The van der Waals surface area contributed by atoms with Gasteiger partial charge in [-0.15, -0.1) is 11.8 Å². The minimum absolute atomic E-state index is 0.0117. The van der Waals surface area contributed by atoms with Gasteiger partial charge in [-0.3, -0.25) is 9.69 Å². The molecule has 5 aromatic rings. The molecule has 10 nitrogen and oxygen atoms in total. The quantitative estimate of drug-likeness (QED) is 0.0824. The number of carbonyl (C=O) groups is 1. The van der Waals surface area contributed by atoms with Crippen molar-refractivity contribution in [3.05, 3.63) is 137 Å². The molecule has 1 aliphatic rings. The number of halogens is 4. The highest BCUT2D eigenvalue weighted by Gasteiger charge is 2.48. The van der Waals surface area contributed by atoms with E-state index >= 15 is 0 Å². The molecule has 1 aliphatic heterocycles. The summed E-state index contributed by atoms with van der Waals surface area (Å²) in [6.45, 7) is 9.19. The number of carbonyl (C=O) groups excluding carboxylic acids is 1. The van der Waals surface area contributed by atoms with Crippen LogP contribution in [0.2, 0.25) is 5.02 Å². The first-order valence-electron chi connectivity index (χ1n) is 20.5. The monoisotopic (exact) mass is 941 g/mol. The van der Waals surface area contributed by atoms with Crippen molar-refractivity contribution in [2.45, 2.75) is 53.0 Å². The lowest BCUT2D eigenvalue weighted by molar-refractivity contribution is -0.0435. The van der Waals surface area contributed by atoms with Crippen molar-refractivity contribution in [1.82, 2.24) is 14.5 Å². The van der Waals surface area contributed by atoms with Crippen LogP contribution in [0.15, 0.2) is 136 Å². The van der Waals surface area contributed by atoms with Crippen LogP contribution in [0.5, 0.6) is 0 Å². The third-order valence-electron chi connectivity index (χ3n) is 10.6. The summed E-state index contributed by atoms with van der Waals surface area (Å²) in [5.41, 5.74) is -1.90. The molecule has 63 heavy (non-hydrogen) atoms. The lowest BCUT2D eigenvalue weighted by Crippen LogP contribution is -2.46. The summed E-state index contributed by atoms with van der Waals surface area (Å²) in [6.07, 6.45) is 0.445. The van der Waals surface area contributed by atoms with Crippen molar-refractivity contribution in [3.63, 3.8) is 0 Å². The first-order valence-corrected chi connectivity index (χ1v) is 24.8. The van der Waals surface area contributed by atoms with E-state index in [9.17, 15) is 34.8 Å². The lowest BCUT2D eigenvalue weighted by atomic mass is 9.99. The highest BCUT2D eigenvalue weighted by Crippen LogP contribution is 2.37. The predicted octanol–water partition coefficient (Wildman–Crippen LogP) is 9.29. The fourth-order valence-electron chi connectivity index (χ4n) is 7.40. The van der Waals surface area contributed by atoms with Gasteiger partial charge in [0, 0.05) is 72.2 Å². The van der Waals surface area contributed by atoms with E-state index < -0.39 is 52.8 Å². The Balaban J connectivity index is 1.13. The van der Waals surface area contributed by atoms with Gasteiger partial charge in [0.2, 0.25) is 0 Å². The van der Waals surface area contributed by atoms with Crippen LogP contribution in [0.1, 0.15) is 36.2 Å². The predicted molar refractivity (Wildman–Crippen MR) is 247 cm³/mol. The molecule has 0 unspecified atom stereocenters. The zero-order valence-corrected chi connectivity index (χ0v) is 38.4. The van der Waals surface area contributed by atoms with Gasteiger partial charge in [-0.1, -0.05) is 80.0 Å². The van der Waals surface area contributed by atoms with Gasteiger partial charge in [-0.2, -0.15) is 13.2 Å². The number of hydrogen-bond donors (Lipinski definition) is 2. The van der Waals surface area contributed by atoms with Crippen LogP contribution in [0.4, 0.5) is 24.5 Å². The minimum Gasteiger partial charge on any atom is -0.380 e. The van der Waals surface area contributed by atoms with Gasteiger partial charge in [-0.05, 0) is 109 Å². The highest BCUT2D eigenvalue weighted by atomic mass is 35.5. The average Bonchev–Trinajstić information content (AvgIpc) is 3.25. The molecule has 1 amide bonds. The van der Waals surface area contributed by atoms with E-state index in [2.05, 4.69) is 46.0 Å². The molecule has 17 heteroatoms. The molecule has 1 saturated heterocycles. The summed E-state index contributed by atoms with van der Waals surface area (Å²) >= 11 is 7.56. The first kappa shape index (κ1) is 47.9. The van der Waals surface area contributed by atoms with Gasteiger partial charge < -0.3 is 15.1 Å². The number of amides is 1. The zero-order valence-electron chi connectivity index (χ0n) is 35.2. The summed E-state index contributed by atoms with van der Waals surface area (Å²) in [5, 5.41) is 3.66. The summed E-state index contributed by atoms with van der Waals surface area (Å²) in [7, 11) is -8.96. The van der Waals surface area contributed by atoms with Gasteiger partial charge in [0.05, 0.1) is 10.6 Å². The summed E-state index contributed by atoms with van der Waals surface area (Å²) in [5.74, 6) is -0.291. The third kappa shape index (κ3) is 12.8. The van der Waals surface area contributed by atoms with Gasteiger partial charge in [0.25, 0.3) is 25.8 Å². The van der Waals surface area contributed by atoms with Crippen molar-refractivity contribution in [1.29, 1.82) is 0 Å². The van der Waals surface area contributed by atoms with E-state index in [1.807, 2.05) is 78.5 Å². The Hall–Kier alpha value is -4.58. The van der Waals surface area contributed by atoms with Gasteiger partial charge >= 0.3 is 5.51 Å². The maximum Gasteiger partial charge on any atom is 0.501 e. The van der Waals surface area contributed by atoms with Gasteiger partial charge in [-0.25, -0.2) is 21.6 Å². The largest absolute Gasteiger partial charge is 0.501 e. The molecule has 0 saturated carbocycles. The number of benzene rings is 5. The van der Waals surface area contributed by atoms with Crippen molar-refractivity contribution in [2.24, 2.45) is 5.92 Å². The number of sulfone groups is 1. The first-order chi connectivity index (χ1) is 29.9. The van der Waals surface area contributed by atoms with E-state index in [1.54, 1.807) is 12.1 Å². The zero-order chi connectivity index (χ0) is 45.4. The van der Waals surface area contributed by atoms with Crippen molar-refractivity contribution in [2.75, 3.05) is 62.3 Å². The normalized spacial score (nSPS) is 14.5. The summed E-state index contributed by atoms with van der Waals surface area (Å²) in [4.78, 5) is 18.7. The Labute approximate surface area is 377 Å². The van der Waals surface area contributed by atoms with Crippen molar-refractivity contribution in [3.8, 4) is 11.1 Å². The van der Waals surface area contributed by atoms with Crippen LogP contribution in [0.3, 0.4) is 0 Å². The van der Waals surface area contributed by atoms with E-state index in [0.29, 0.717) is 48.8 Å². The number of hydrogen-bond acceptors (Lipinski definition) is 10. The molecule has 0 bridgehead atoms. The fourth-order valence-corrected chi connectivity index (χ4v) is 10.5. The average molecular weight is 943 g/mol. The molecule has 1 heterocycles. The molecular weight excluding hydrogens is 891 g/mol. The molecule has 0 aliphatic carbocycles. The molecular formula is C46H51ClF3N5O5S3. The van der Waals surface area contributed by atoms with E-state index in [1.165, 1.54) is 29.5 Å². The second kappa shape index (κ2) is 20.9. The van der Waals surface area contributed by atoms with Crippen LogP contribution in [-0.4, -0.2) is 96.2 Å². The molecule has 336 valence electrons. The Morgan fingerprint density at radius 2 is 1.49 bits per heavy atom. The van der Waals surface area contributed by atoms with E-state index in [-0.39, 0.29) is 5.56 Å². The number of thioether (sulfide) groups is 1. The summed E-state index contributed by atoms with van der Waals surface area (Å²) in [6, 6.07) is 33.6. The Morgan fingerprint density at radius 1 is 0.841 bits per heavy atom. The van der Waals surface area contributed by atoms with Crippen molar-refractivity contribution < 1.29 is 34.8 Å². The van der Waals surface area contributed by atoms with Crippen LogP contribution in [0, 0.1) is 5.92 Å². The number of anilines is 2. The molecule has 0 aromatic heterocycles. The smallest absolute Gasteiger partial charge is 0.380 e. The van der Waals surface area contributed by atoms with Crippen LogP contribution in [0.25, 0.3) is 11.1 Å². The molecule has 6 rings (SSSR count). The molecule has 0 spiro atoms. The standard InChI is InChI=1S/C46H51ClF3N5O5S3/c1-33(2)30-53(3)24-23-38(32-61-40-10-5-4-6-11-40)51-43-22-21-41(29-44(43)62(57,58)46(48,49)50)63(59,60)52-45(56)35-15-19-39(20-16-35)55-27-25-54(26-28-55)31-36-9-7-8-12-42(36)34-13-17-37(47)18-14-34/h4-22,29,33,38,51H,23-28,30-32H2,1-3H3,(H,52,56)/t38-/m1/s1. The highest BCUT2D eigenvalue weighted by molar-refractivity contribution is 7.99. The number of alkyl halides is 3. The van der Waals surface area contributed by atoms with Crippen LogP contribution in [-0.2, 0) is 26.4 Å². The van der Waals surface area contributed by atoms with E-state index in [0.717, 1.165) is 60.0 Å². The number of piperazine rings is 1.